The van der Waals surface area contributed by atoms with Crippen molar-refractivity contribution in [1.82, 2.24) is 4.90 Å². The third-order valence-electron chi connectivity index (χ3n) is 8.49. The molecule has 1 fully saturated rings. The Hall–Kier alpha value is -3.85. The van der Waals surface area contributed by atoms with Crippen LogP contribution in [-0.2, 0) is 25.7 Å². The van der Waals surface area contributed by atoms with E-state index in [-0.39, 0.29) is 19.8 Å². The van der Waals surface area contributed by atoms with E-state index in [2.05, 4.69) is 9.74 Å². The van der Waals surface area contributed by atoms with Gasteiger partial charge in [-0.2, -0.15) is 0 Å². The van der Waals surface area contributed by atoms with Crippen LogP contribution >= 0.6 is 0 Å². The second kappa shape index (κ2) is 16.3. The minimum atomic E-state index is -1.32. The minimum absolute atomic E-state index is 0.0675. The van der Waals surface area contributed by atoms with Crippen molar-refractivity contribution in [2.75, 3.05) is 65.2 Å². The number of hydrogen-bond acceptors (Lipinski definition) is 11. The summed E-state index contributed by atoms with van der Waals surface area (Å²) in [5.74, 6) is 0.970. The van der Waals surface area contributed by atoms with E-state index in [0.29, 0.717) is 19.0 Å². The van der Waals surface area contributed by atoms with E-state index in [1.165, 1.54) is 4.90 Å². The van der Waals surface area contributed by atoms with Crippen LogP contribution in [0.1, 0.15) is 44.2 Å². The van der Waals surface area contributed by atoms with Gasteiger partial charge in [0.2, 0.25) is 0 Å². The lowest BCUT2D eigenvalue weighted by atomic mass is 9.71. The summed E-state index contributed by atoms with van der Waals surface area (Å²) in [6, 6.07) is 12.7. The monoisotopic (exact) mass is 661 g/mol. The number of piperidine rings is 1. The molecule has 2 unspecified atom stereocenters. The van der Waals surface area contributed by atoms with E-state index >= 15 is 0 Å². The van der Waals surface area contributed by atoms with Crippen LogP contribution in [0.2, 0.25) is 0 Å². The Morgan fingerprint density at radius 1 is 1.13 bits per heavy atom. The van der Waals surface area contributed by atoms with Crippen LogP contribution in [0.4, 0.5) is 10.5 Å². The number of nitrogens with zero attached hydrogens (tertiary/aromatic N) is 3. The number of amides is 1. The van der Waals surface area contributed by atoms with Crippen molar-refractivity contribution in [3.8, 4) is 11.5 Å². The van der Waals surface area contributed by atoms with Gasteiger partial charge in [0.25, 0.3) is 5.09 Å². The highest BCUT2D eigenvalue weighted by molar-refractivity contribution is 5.66. The highest BCUT2D eigenvalue weighted by atomic mass is 17.0. The van der Waals surface area contributed by atoms with E-state index < -0.39 is 53.5 Å². The fourth-order valence-electron chi connectivity index (χ4n) is 6.41. The van der Waals surface area contributed by atoms with Crippen LogP contribution in [0.5, 0.6) is 11.5 Å². The molecule has 14 nitrogen and oxygen atoms in total. The van der Waals surface area contributed by atoms with E-state index in [9.17, 15) is 25.1 Å². The predicted molar refractivity (Wildman–Crippen MR) is 172 cm³/mol. The lowest BCUT2D eigenvalue weighted by Crippen LogP contribution is -2.64. The van der Waals surface area contributed by atoms with Gasteiger partial charge in [-0.25, -0.2) is 4.79 Å². The van der Waals surface area contributed by atoms with Crippen LogP contribution in [0, 0.1) is 15.5 Å². The van der Waals surface area contributed by atoms with Gasteiger partial charge < -0.3 is 43.6 Å². The first kappa shape index (κ1) is 36.0. The highest BCUT2D eigenvalue weighted by Crippen LogP contribution is 2.43. The Labute approximate surface area is 275 Å². The molecule has 0 radical (unpaired) electrons. The quantitative estimate of drug-likeness (QED) is 0.161. The second-order valence-corrected chi connectivity index (χ2v) is 12.8. The Morgan fingerprint density at radius 3 is 2.51 bits per heavy atom. The first-order valence-electron chi connectivity index (χ1n) is 15.7. The van der Waals surface area contributed by atoms with Crippen molar-refractivity contribution in [2.45, 2.75) is 64.1 Å². The minimum Gasteiger partial charge on any atom is -0.497 e. The zero-order valence-corrected chi connectivity index (χ0v) is 27.7. The van der Waals surface area contributed by atoms with Gasteiger partial charge in [-0.15, -0.1) is 10.1 Å². The van der Waals surface area contributed by atoms with Gasteiger partial charge in [0, 0.05) is 26.2 Å². The summed E-state index contributed by atoms with van der Waals surface area (Å²) in [6.45, 7) is 7.95. The number of rotatable bonds is 15. The molecule has 4 rings (SSSR count). The topological polar surface area (TPSA) is 163 Å². The maximum atomic E-state index is 12.7. The molecule has 47 heavy (non-hydrogen) atoms. The summed E-state index contributed by atoms with van der Waals surface area (Å²) in [4.78, 5) is 31.4. The average molecular weight is 662 g/mol. The van der Waals surface area contributed by atoms with Gasteiger partial charge >= 0.3 is 6.09 Å². The van der Waals surface area contributed by atoms with E-state index in [1.807, 2.05) is 63.2 Å². The SMILES string of the molecule is COCCCN1CCOc2ccc(CO[C@H]3CN(C(=O)O)C(C(C)(C)C)[C@@H](OCC(O)CO[N+](=O)[O-])[C@@H]3c3ccc(OC)cc3)cc21. The van der Waals surface area contributed by atoms with E-state index in [0.717, 1.165) is 42.1 Å². The molecule has 2 aromatic carbocycles. The van der Waals surface area contributed by atoms with Gasteiger partial charge in [0.05, 0.1) is 57.4 Å². The highest BCUT2D eigenvalue weighted by Gasteiger charge is 2.51. The molecule has 1 saturated heterocycles. The summed E-state index contributed by atoms with van der Waals surface area (Å²) < 4.78 is 29.5. The van der Waals surface area contributed by atoms with Gasteiger partial charge in [0.15, 0.2) is 0 Å². The zero-order valence-electron chi connectivity index (χ0n) is 27.7. The summed E-state index contributed by atoms with van der Waals surface area (Å²) >= 11 is 0. The molecule has 260 valence electrons. The molecule has 0 aromatic heterocycles. The molecule has 2 aromatic rings. The van der Waals surface area contributed by atoms with Crippen molar-refractivity contribution >= 4 is 11.8 Å². The molecule has 1 amide bonds. The summed E-state index contributed by atoms with van der Waals surface area (Å²) in [5, 5.41) is 30.6. The summed E-state index contributed by atoms with van der Waals surface area (Å²) in [5.41, 5.74) is 2.10. The van der Waals surface area contributed by atoms with Gasteiger partial charge in [-0.3, -0.25) is 4.90 Å². The molecule has 14 heteroatoms. The van der Waals surface area contributed by atoms with Crippen LogP contribution in [0.25, 0.3) is 0 Å². The normalized spacial score (nSPS) is 21.8. The molecule has 0 spiro atoms. The fourth-order valence-corrected chi connectivity index (χ4v) is 6.41. The number of carboxylic acid groups (broad SMARTS) is 1. The second-order valence-electron chi connectivity index (χ2n) is 12.8. The number of likely N-dealkylation sites (tertiary alicyclic amines) is 1. The molecular formula is C33H47N3O11. The predicted octanol–water partition coefficient (Wildman–Crippen LogP) is 3.96. The Morgan fingerprint density at radius 2 is 1.87 bits per heavy atom. The van der Waals surface area contributed by atoms with Crippen LogP contribution < -0.4 is 14.4 Å². The van der Waals surface area contributed by atoms with Crippen LogP contribution in [0.15, 0.2) is 42.5 Å². The van der Waals surface area contributed by atoms with Crippen molar-refractivity contribution < 1.29 is 48.6 Å². The Kier molecular flexibility index (Phi) is 12.5. The molecule has 2 aliphatic rings. The third-order valence-corrected chi connectivity index (χ3v) is 8.49. The number of aliphatic hydroxyl groups excluding tert-OH is 1. The number of carbonyl (C=O) groups is 1. The number of benzene rings is 2. The van der Waals surface area contributed by atoms with Crippen molar-refractivity contribution in [3.63, 3.8) is 0 Å². The van der Waals surface area contributed by atoms with Gasteiger partial charge in [-0.1, -0.05) is 39.0 Å². The molecular weight excluding hydrogens is 614 g/mol. The number of fused-ring (bicyclic) bond motifs is 1. The lowest BCUT2D eigenvalue weighted by molar-refractivity contribution is -0.759. The van der Waals surface area contributed by atoms with Gasteiger partial charge in [-0.05, 0) is 47.2 Å². The maximum absolute atomic E-state index is 12.7. The lowest BCUT2D eigenvalue weighted by Gasteiger charge is -2.52. The van der Waals surface area contributed by atoms with E-state index in [1.54, 1.807) is 14.2 Å². The Bertz CT molecular complexity index is 1320. The maximum Gasteiger partial charge on any atom is 0.407 e. The van der Waals surface area contributed by atoms with Gasteiger partial charge in [0.1, 0.15) is 30.8 Å². The molecule has 2 N–H and O–H groups in total. The zero-order chi connectivity index (χ0) is 34.1. The number of ether oxygens (including phenoxy) is 5. The molecule has 2 aliphatic heterocycles. The third kappa shape index (κ3) is 9.37. The molecule has 0 aliphatic carbocycles. The largest absolute Gasteiger partial charge is 0.497 e. The summed E-state index contributed by atoms with van der Waals surface area (Å²) in [7, 11) is 3.26. The fraction of sp³-hybridized carbons (Fsp3) is 0.606. The number of hydrogen-bond donors (Lipinski definition) is 2. The molecule has 5 atom stereocenters. The standard InChI is InChI=1S/C33H47N3O11/c1-33(2,3)31-30(46-20-24(37)21-47-36(40)41)29(23-8-10-25(43-5)11-9-23)28(18-35(31)32(38)39)45-19-22-7-12-27-26(17-22)34(14-16-44-27)13-6-15-42-4/h7-12,17,24,28-31,37H,6,13-16,18-21H2,1-5H3,(H,38,39)/t24?,28-,29+,30-,31?/m0/s1. The molecule has 0 saturated carbocycles. The smallest absolute Gasteiger partial charge is 0.407 e. The molecule has 0 bridgehead atoms. The number of anilines is 1. The van der Waals surface area contributed by atoms with Crippen molar-refractivity contribution in [2.24, 2.45) is 5.41 Å². The van der Waals surface area contributed by atoms with Crippen LogP contribution in [0.3, 0.4) is 0 Å². The summed E-state index contributed by atoms with van der Waals surface area (Å²) in [6.07, 6.45) is -3.02. The number of methoxy groups -OCH3 is 2. The number of aliphatic hydroxyl groups is 1. The average Bonchev–Trinajstić information content (AvgIpc) is 3.04. The molecule has 2 heterocycles. The van der Waals surface area contributed by atoms with E-state index in [4.69, 9.17) is 23.7 Å². The van der Waals surface area contributed by atoms with Crippen molar-refractivity contribution in [1.29, 1.82) is 0 Å². The van der Waals surface area contributed by atoms with Crippen LogP contribution in [-0.4, -0.2) is 111 Å². The first-order chi connectivity index (χ1) is 22.4. The first-order valence-corrected chi connectivity index (χ1v) is 15.7. The Balaban J connectivity index is 1.67. The van der Waals surface area contributed by atoms with Crippen molar-refractivity contribution in [3.05, 3.63) is 63.7 Å².